The van der Waals surface area contributed by atoms with Gasteiger partial charge in [0.2, 0.25) is 0 Å². The average molecular weight is 241 g/mol. The molecule has 1 aliphatic carbocycles. The summed E-state index contributed by atoms with van der Waals surface area (Å²) in [6.45, 7) is 7.62. The minimum atomic E-state index is 0.116. The van der Waals surface area contributed by atoms with Gasteiger partial charge in [-0.2, -0.15) is 0 Å². The molecule has 0 heterocycles. The molecule has 2 heteroatoms. The van der Waals surface area contributed by atoms with Gasteiger partial charge >= 0.3 is 0 Å². The van der Waals surface area contributed by atoms with Crippen molar-refractivity contribution < 1.29 is 4.74 Å². The Bertz CT molecular complexity index is 197. The van der Waals surface area contributed by atoms with E-state index < -0.39 is 0 Å². The van der Waals surface area contributed by atoms with E-state index in [1.165, 1.54) is 44.9 Å². The molecule has 0 aromatic heterocycles. The van der Waals surface area contributed by atoms with E-state index >= 15 is 0 Å². The molecule has 1 fully saturated rings. The van der Waals surface area contributed by atoms with Crippen LogP contribution in [0.2, 0.25) is 0 Å². The number of ether oxygens (including phenoxy) is 1. The van der Waals surface area contributed by atoms with Crippen LogP contribution in [0.5, 0.6) is 0 Å². The molecule has 0 aliphatic heterocycles. The van der Waals surface area contributed by atoms with Crippen molar-refractivity contribution in [2.24, 2.45) is 5.92 Å². The van der Waals surface area contributed by atoms with Gasteiger partial charge in [0.25, 0.3) is 0 Å². The maximum atomic E-state index is 6.21. The molecule has 1 rings (SSSR count). The van der Waals surface area contributed by atoms with E-state index in [0.29, 0.717) is 6.04 Å². The van der Waals surface area contributed by atoms with Gasteiger partial charge in [-0.25, -0.2) is 0 Å². The zero-order valence-corrected chi connectivity index (χ0v) is 12.2. The third-order valence-electron chi connectivity index (χ3n) is 4.38. The van der Waals surface area contributed by atoms with E-state index in [1.807, 2.05) is 0 Å². The molecule has 102 valence electrons. The largest absolute Gasteiger partial charge is 0.374 e. The molecular weight excluding hydrogens is 210 g/mol. The zero-order chi connectivity index (χ0) is 12.7. The predicted octanol–water partition coefficient (Wildman–Crippen LogP) is 3.75. The Morgan fingerprint density at radius 3 is 2.41 bits per heavy atom. The first-order chi connectivity index (χ1) is 8.18. The van der Waals surface area contributed by atoms with Gasteiger partial charge < -0.3 is 10.1 Å². The lowest BCUT2D eigenvalue weighted by Gasteiger charge is -2.45. The van der Waals surface area contributed by atoms with Crippen molar-refractivity contribution in [2.45, 2.75) is 77.4 Å². The Balaban J connectivity index is 2.66. The second-order valence-corrected chi connectivity index (χ2v) is 5.66. The van der Waals surface area contributed by atoms with Gasteiger partial charge in [-0.3, -0.25) is 0 Å². The molecule has 1 unspecified atom stereocenters. The van der Waals surface area contributed by atoms with Crippen LogP contribution in [0, 0.1) is 5.92 Å². The molecule has 1 aliphatic rings. The Hall–Kier alpha value is -0.0800. The van der Waals surface area contributed by atoms with Crippen LogP contribution in [0.25, 0.3) is 0 Å². The quantitative estimate of drug-likeness (QED) is 0.733. The fourth-order valence-corrected chi connectivity index (χ4v) is 3.21. The predicted molar refractivity (Wildman–Crippen MR) is 74.4 cm³/mol. The second-order valence-electron chi connectivity index (χ2n) is 5.66. The van der Waals surface area contributed by atoms with Gasteiger partial charge in [-0.05, 0) is 52.0 Å². The first-order valence-corrected chi connectivity index (χ1v) is 7.49. The number of rotatable bonds is 7. The molecule has 1 atom stereocenters. The molecule has 2 nitrogen and oxygen atoms in total. The van der Waals surface area contributed by atoms with Gasteiger partial charge in [0, 0.05) is 12.6 Å². The molecule has 1 saturated carbocycles. The highest BCUT2D eigenvalue weighted by Crippen LogP contribution is 2.38. The number of hydrogen-bond acceptors (Lipinski definition) is 2. The molecule has 0 aromatic carbocycles. The smallest absolute Gasteiger partial charge is 0.0834 e. The number of unbranched alkanes of at least 4 members (excludes halogenated alkanes) is 1. The van der Waals surface area contributed by atoms with Crippen LogP contribution in [-0.2, 0) is 4.74 Å². The fourth-order valence-electron chi connectivity index (χ4n) is 3.21. The molecule has 0 aromatic rings. The minimum absolute atomic E-state index is 0.116. The van der Waals surface area contributed by atoms with Crippen LogP contribution in [0.1, 0.15) is 65.7 Å². The Kier molecular flexibility index (Phi) is 6.50. The average Bonchev–Trinajstić information content (AvgIpc) is 2.34. The van der Waals surface area contributed by atoms with Crippen molar-refractivity contribution in [2.75, 3.05) is 13.7 Å². The second kappa shape index (κ2) is 7.38. The van der Waals surface area contributed by atoms with Crippen LogP contribution in [0.3, 0.4) is 0 Å². The summed E-state index contributed by atoms with van der Waals surface area (Å²) in [5.41, 5.74) is 0.116. The molecule has 0 saturated heterocycles. The van der Waals surface area contributed by atoms with E-state index in [1.54, 1.807) is 0 Å². The van der Waals surface area contributed by atoms with Crippen molar-refractivity contribution in [3.05, 3.63) is 0 Å². The SMILES string of the molecule is CCCCC(NC)C1(OCC)CCC(C)CC1. The fraction of sp³-hybridized carbons (Fsp3) is 1.00. The minimum Gasteiger partial charge on any atom is -0.374 e. The van der Waals surface area contributed by atoms with Crippen LogP contribution < -0.4 is 5.32 Å². The maximum Gasteiger partial charge on any atom is 0.0834 e. The molecule has 17 heavy (non-hydrogen) atoms. The summed E-state index contributed by atoms with van der Waals surface area (Å²) < 4.78 is 6.21. The van der Waals surface area contributed by atoms with Crippen LogP contribution >= 0.6 is 0 Å². The highest BCUT2D eigenvalue weighted by atomic mass is 16.5. The summed E-state index contributed by atoms with van der Waals surface area (Å²) in [5.74, 6) is 0.882. The van der Waals surface area contributed by atoms with Crippen molar-refractivity contribution >= 4 is 0 Å². The van der Waals surface area contributed by atoms with E-state index in [4.69, 9.17) is 4.74 Å². The lowest BCUT2D eigenvalue weighted by atomic mass is 9.74. The van der Waals surface area contributed by atoms with E-state index in [0.717, 1.165) is 12.5 Å². The number of likely N-dealkylation sites (N-methyl/N-ethyl adjacent to an activating group) is 1. The van der Waals surface area contributed by atoms with Gasteiger partial charge in [0.15, 0.2) is 0 Å². The third kappa shape index (κ3) is 3.96. The molecule has 0 radical (unpaired) electrons. The van der Waals surface area contributed by atoms with Crippen LogP contribution in [-0.4, -0.2) is 25.3 Å². The van der Waals surface area contributed by atoms with E-state index in [2.05, 4.69) is 33.1 Å². The van der Waals surface area contributed by atoms with Gasteiger partial charge in [0.05, 0.1) is 5.60 Å². The summed E-state index contributed by atoms with van der Waals surface area (Å²) >= 11 is 0. The summed E-state index contributed by atoms with van der Waals surface area (Å²) in [6, 6.07) is 0.537. The summed E-state index contributed by atoms with van der Waals surface area (Å²) in [7, 11) is 2.10. The Labute approximate surface area is 108 Å². The van der Waals surface area contributed by atoms with Gasteiger partial charge in [-0.15, -0.1) is 0 Å². The van der Waals surface area contributed by atoms with Gasteiger partial charge in [0.1, 0.15) is 0 Å². The third-order valence-corrected chi connectivity index (χ3v) is 4.38. The van der Waals surface area contributed by atoms with Crippen molar-refractivity contribution in [3.63, 3.8) is 0 Å². The molecule has 0 bridgehead atoms. The lowest BCUT2D eigenvalue weighted by Crippen LogP contribution is -2.53. The van der Waals surface area contributed by atoms with Crippen molar-refractivity contribution in [3.8, 4) is 0 Å². The monoisotopic (exact) mass is 241 g/mol. The highest BCUT2D eigenvalue weighted by molar-refractivity contribution is 4.96. The zero-order valence-electron chi connectivity index (χ0n) is 12.2. The topological polar surface area (TPSA) is 21.3 Å². The lowest BCUT2D eigenvalue weighted by molar-refractivity contribution is -0.0966. The standard InChI is InChI=1S/C15H31NO/c1-5-7-8-14(16-4)15(17-6-2)11-9-13(3)10-12-15/h13-14,16H,5-12H2,1-4H3. The molecule has 0 amide bonds. The first kappa shape index (κ1) is 15.0. The normalized spacial score (nSPS) is 31.4. The molecular formula is C15H31NO. The van der Waals surface area contributed by atoms with Crippen LogP contribution in [0.4, 0.5) is 0 Å². The Morgan fingerprint density at radius 1 is 1.29 bits per heavy atom. The molecule has 1 N–H and O–H groups in total. The van der Waals surface area contributed by atoms with Crippen LogP contribution in [0.15, 0.2) is 0 Å². The number of nitrogens with one attached hydrogen (secondary N) is 1. The summed E-state index contributed by atoms with van der Waals surface area (Å²) in [4.78, 5) is 0. The Morgan fingerprint density at radius 2 is 1.94 bits per heavy atom. The van der Waals surface area contributed by atoms with Crippen molar-refractivity contribution in [1.29, 1.82) is 0 Å². The maximum absolute atomic E-state index is 6.21. The van der Waals surface area contributed by atoms with E-state index in [-0.39, 0.29) is 5.60 Å². The van der Waals surface area contributed by atoms with Gasteiger partial charge in [-0.1, -0.05) is 26.7 Å². The van der Waals surface area contributed by atoms with Crippen molar-refractivity contribution in [1.82, 2.24) is 5.32 Å². The summed E-state index contributed by atoms with van der Waals surface area (Å²) in [6.07, 6.45) is 8.94. The first-order valence-electron chi connectivity index (χ1n) is 7.49. The van der Waals surface area contributed by atoms with E-state index in [9.17, 15) is 0 Å². The summed E-state index contributed by atoms with van der Waals surface area (Å²) in [5, 5.41) is 3.52. The highest BCUT2D eigenvalue weighted by Gasteiger charge is 2.40. The number of hydrogen-bond donors (Lipinski definition) is 1. The molecule has 0 spiro atoms.